The Morgan fingerprint density at radius 2 is 1.83 bits per heavy atom. The number of hydrogen-bond acceptors (Lipinski definition) is 3. The first-order valence-corrected chi connectivity index (χ1v) is 8.53. The minimum absolute atomic E-state index is 0. The zero-order chi connectivity index (χ0) is 16.7. The highest BCUT2D eigenvalue weighted by molar-refractivity contribution is 5.94. The number of anilines is 1. The molecule has 1 aliphatic rings. The van der Waals surface area contributed by atoms with Crippen LogP contribution < -0.4 is 11.1 Å². The lowest BCUT2D eigenvalue weighted by Gasteiger charge is -2.15. The van der Waals surface area contributed by atoms with Gasteiger partial charge in [0.05, 0.1) is 6.04 Å². The fourth-order valence-corrected chi connectivity index (χ4v) is 2.81. The molecule has 3 N–H and O–H groups in total. The lowest BCUT2D eigenvalue weighted by Crippen LogP contribution is -2.35. The topological polar surface area (TPSA) is 75.4 Å². The number of likely N-dealkylation sites (tertiary alicyclic amines) is 1. The molecule has 134 valence electrons. The Labute approximate surface area is 150 Å². The second-order valence-corrected chi connectivity index (χ2v) is 6.17. The molecule has 0 bridgehead atoms. The predicted octanol–water partition coefficient (Wildman–Crippen LogP) is 2.73. The van der Waals surface area contributed by atoms with E-state index in [0.29, 0.717) is 12.8 Å². The number of hydrogen-bond donors (Lipinski definition) is 2. The summed E-state index contributed by atoms with van der Waals surface area (Å²) in [6, 6.07) is 7.19. The van der Waals surface area contributed by atoms with Crippen molar-refractivity contribution in [1.29, 1.82) is 0 Å². The average molecular weight is 354 g/mol. The third-order valence-corrected chi connectivity index (χ3v) is 4.24. The van der Waals surface area contributed by atoms with Crippen LogP contribution in [0.3, 0.4) is 0 Å². The van der Waals surface area contributed by atoms with E-state index in [1.54, 1.807) is 0 Å². The van der Waals surface area contributed by atoms with E-state index in [0.717, 1.165) is 50.0 Å². The lowest BCUT2D eigenvalue weighted by molar-refractivity contribution is -0.130. The van der Waals surface area contributed by atoms with Gasteiger partial charge in [0.25, 0.3) is 0 Å². The van der Waals surface area contributed by atoms with Crippen LogP contribution in [-0.2, 0) is 16.0 Å². The van der Waals surface area contributed by atoms with Gasteiger partial charge in [0.1, 0.15) is 0 Å². The molecule has 24 heavy (non-hydrogen) atoms. The maximum absolute atomic E-state index is 12.0. The van der Waals surface area contributed by atoms with Gasteiger partial charge in [0.2, 0.25) is 11.8 Å². The monoisotopic (exact) mass is 353 g/mol. The highest BCUT2D eigenvalue weighted by Gasteiger charge is 2.17. The number of amides is 2. The van der Waals surface area contributed by atoms with Crippen LogP contribution >= 0.6 is 12.4 Å². The number of nitrogens with one attached hydrogen (secondary N) is 1. The van der Waals surface area contributed by atoms with E-state index in [4.69, 9.17) is 5.73 Å². The Morgan fingerprint density at radius 3 is 2.42 bits per heavy atom. The van der Waals surface area contributed by atoms with Crippen molar-refractivity contribution in [2.75, 3.05) is 18.4 Å². The van der Waals surface area contributed by atoms with E-state index in [1.165, 1.54) is 0 Å². The zero-order valence-corrected chi connectivity index (χ0v) is 15.1. The van der Waals surface area contributed by atoms with Gasteiger partial charge in [-0.2, -0.15) is 0 Å². The summed E-state index contributed by atoms with van der Waals surface area (Å²) < 4.78 is 0. The van der Waals surface area contributed by atoms with Gasteiger partial charge >= 0.3 is 0 Å². The van der Waals surface area contributed by atoms with Gasteiger partial charge in [-0.1, -0.05) is 25.5 Å². The first kappa shape index (κ1) is 20.5. The fourth-order valence-electron chi connectivity index (χ4n) is 2.81. The molecule has 0 spiro atoms. The molecule has 1 heterocycles. The number of carbonyl (C=O) groups is 2. The standard InChI is InChI=1S/C18H27N3O2.ClH/c1-2-5-16(19)18(23)20-15-9-6-14(7-10-15)8-11-17(22)21-12-3-4-13-21;/h6-7,9-10,16H,2-5,8,11-13,19H2,1H3,(H,20,23);1H. The van der Waals surface area contributed by atoms with E-state index in [9.17, 15) is 9.59 Å². The van der Waals surface area contributed by atoms with E-state index in [-0.39, 0.29) is 24.2 Å². The molecule has 2 rings (SSSR count). The van der Waals surface area contributed by atoms with Gasteiger partial charge in [-0.3, -0.25) is 9.59 Å². The van der Waals surface area contributed by atoms with Gasteiger partial charge < -0.3 is 16.0 Å². The van der Waals surface area contributed by atoms with Crippen molar-refractivity contribution >= 4 is 29.9 Å². The third-order valence-electron chi connectivity index (χ3n) is 4.24. The molecular formula is C18H28ClN3O2. The SMILES string of the molecule is CCCC(N)C(=O)Nc1ccc(CCC(=O)N2CCCC2)cc1.Cl. The van der Waals surface area contributed by atoms with Crippen LogP contribution in [0.15, 0.2) is 24.3 Å². The van der Waals surface area contributed by atoms with Crippen molar-refractivity contribution in [2.24, 2.45) is 5.73 Å². The number of aryl methyl sites for hydroxylation is 1. The molecule has 1 atom stereocenters. The highest BCUT2D eigenvalue weighted by atomic mass is 35.5. The first-order valence-electron chi connectivity index (χ1n) is 8.53. The van der Waals surface area contributed by atoms with Crippen molar-refractivity contribution in [2.45, 2.75) is 51.5 Å². The normalized spacial score (nSPS) is 14.8. The van der Waals surface area contributed by atoms with Crippen LogP contribution in [-0.4, -0.2) is 35.8 Å². The van der Waals surface area contributed by atoms with Gasteiger partial charge in [0.15, 0.2) is 0 Å². The summed E-state index contributed by atoms with van der Waals surface area (Å²) in [6.07, 6.45) is 5.10. The fraction of sp³-hybridized carbons (Fsp3) is 0.556. The van der Waals surface area contributed by atoms with E-state index >= 15 is 0 Å². The van der Waals surface area contributed by atoms with Gasteiger partial charge in [-0.05, 0) is 43.4 Å². The van der Waals surface area contributed by atoms with Crippen LogP contribution in [0.25, 0.3) is 0 Å². The first-order chi connectivity index (χ1) is 11.1. The summed E-state index contributed by atoms with van der Waals surface area (Å²) in [6.45, 7) is 3.81. The molecular weight excluding hydrogens is 326 g/mol. The number of nitrogens with two attached hydrogens (primary N) is 1. The molecule has 6 heteroatoms. The summed E-state index contributed by atoms with van der Waals surface area (Å²) in [5, 5.41) is 2.82. The smallest absolute Gasteiger partial charge is 0.241 e. The molecule has 1 aromatic carbocycles. The molecule has 1 fully saturated rings. The number of rotatable bonds is 7. The lowest BCUT2D eigenvalue weighted by atomic mass is 10.1. The summed E-state index contributed by atoms with van der Waals surface area (Å²) in [7, 11) is 0. The van der Waals surface area contributed by atoms with Crippen LogP contribution in [0.1, 0.15) is 44.6 Å². The molecule has 1 saturated heterocycles. The Kier molecular flexibility index (Phi) is 8.79. The van der Waals surface area contributed by atoms with Gasteiger partial charge in [-0.15, -0.1) is 12.4 Å². The molecule has 0 radical (unpaired) electrons. The van der Waals surface area contributed by atoms with Crippen LogP contribution in [0.2, 0.25) is 0 Å². The second-order valence-electron chi connectivity index (χ2n) is 6.17. The van der Waals surface area contributed by atoms with Crippen molar-refractivity contribution < 1.29 is 9.59 Å². The van der Waals surface area contributed by atoms with Crippen molar-refractivity contribution in [3.8, 4) is 0 Å². The van der Waals surface area contributed by atoms with Crippen molar-refractivity contribution in [3.63, 3.8) is 0 Å². The van der Waals surface area contributed by atoms with Gasteiger partial charge in [-0.25, -0.2) is 0 Å². The molecule has 0 aliphatic carbocycles. The van der Waals surface area contributed by atoms with Crippen molar-refractivity contribution in [1.82, 2.24) is 4.90 Å². The Morgan fingerprint density at radius 1 is 1.21 bits per heavy atom. The summed E-state index contributed by atoms with van der Waals surface area (Å²) in [5.41, 5.74) is 7.64. The number of nitrogens with zero attached hydrogens (tertiary/aromatic N) is 1. The molecule has 1 aliphatic heterocycles. The third kappa shape index (κ3) is 6.13. The molecule has 1 unspecified atom stereocenters. The van der Waals surface area contributed by atoms with E-state index < -0.39 is 6.04 Å². The van der Waals surface area contributed by atoms with Crippen molar-refractivity contribution in [3.05, 3.63) is 29.8 Å². The van der Waals surface area contributed by atoms with Gasteiger partial charge in [0, 0.05) is 25.2 Å². The Bertz CT molecular complexity index is 528. The van der Waals surface area contributed by atoms with Crippen LogP contribution in [0.4, 0.5) is 5.69 Å². The number of halogens is 1. The zero-order valence-electron chi connectivity index (χ0n) is 14.3. The molecule has 5 nitrogen and oxygen atoms in total. The molecule has 1 aromatic rings. The summed E-state index contributed by atoms with van der Waals surface area (Å²) in [5.74, 6) is 0.0919. The Hall–Kier alpha value is -1.59. The van der Waals surface area contributed by atoms with Crippen LogP contribution in [0, 0.1) is 0 Å². The van der Waals surface area contributed by atoms with E-state index in [1.807, 2.05) is 36.1 Å². The van der Waals surface area contributed by atoms with Crippen LogP contribution in [0.5, 0.6) is 0 Å². The second kappa shape index (κ2) is 10.3. The highest BCUT2D eigenvalue weighted by Crippen LogP contribution is 2.14. The quantitative estimate of drug-likeness (QED) is 0.791. The Balaban J connectivity index is 0.00000288. The largest absolute Gasteiger partial charge is 0.343 e. The molecule has 0 saturated carbocycles. The summed E-state index contributed by atoms with van der Waals surface area (Å²) >= 11 is 0. The maximum atomic E-state index is 12.0. The summed E-state index contributed by atoms with van der Waals surface area (Å²) in [4.78, 5) is 25.8. The number of carbonyl (C=O) groups excluding carboxylic acids is 2. The average Bonchev–Trinajstić information content (AvgIpc) is 3.08. The molecule has 2 amide bonds. The number of benzene rings is 1. The molecule has 0 aromatic heterocycles. The predicted molar refractivity (Wildman–Crippen MR) is 99.3 cm³/mol. The maximum Gasteiger partial charge on any atom is 0.241 e. The van der Waals surface area contributed by atoms with E-state index in [2.05, 4.69) is 5.32 Å². The minimum Gasteiger partial charge on any atom is -0.343 e. The minimum atomic E-state index is -0.460.